The van der Waals surface area contributed by atoms with Crippen LogP contribution >= 0.6 is 0 Å². The van der Waals surface area contributed by atoms with Crippen LogP contribution in [-0.4, -0.2) is 9.97 Å². The fourth-order valence-corrected chi connectivity index (χ4v) is 4.06. The maximum Gasteiger partial charge on any atom is 0.0471 e. The lowest BCUT2D eigenvalue weighted by molar-refractivity contribution is 1.53. The highest BCUT2D eigenvalue weighted by Crippen LogP contribution is 2.33. The number of aromatic nitrogens is 2. The standard InChI is InChI=1S/C24H16N2/c1-3-7-21-17(5-1)19-11-9-16(14-24(19)26-21)15-10-12-23-20(13-15)18-6-2-4-8-22(18)25-23/h1-14,25-26H. The van der Waals surface area contributed by atoms with Crippen molar-refractivity contribution in [2.45, 2.75) is 0 Å². The largest absolute Gasteiger partial charge is 0.355 e. The molecular weight excluding hydrogens is 316 g/mol. The lowest BCUT2D eigenvalue weighted by atomic mass is 10.0. The van der Waals surface area contributed by atoms with Gasteiger partial charge in [-0.3, -0.25) is 0 Å². The Morgan fingerprint density at radius 3 is 1.73 bits per heavy atom. The fraction of sp³-hybridized carbons (Fsp3) is 0. The summed E-state index contributed by atoms with van der Waals surface area (Å²) < 4.78 is 0. The minimum Gasteiger partial charge on any atom is -0.355 e. The molecule has 0 unspecified atom stereocenters. The summed E-state index contributed by atoms with van der Waals surface area (Å²) in [6.45, 7) is 0. The highest BCUT2D eigenvalue weighted by Gasteiger charge is 2.08. The number of aromatic amines is 2. The van der Waals surface area contributed by atoms with Gasteiger partial charge >= 0.3 is 0 Å². The molecule has 26 heavy (non-hydrogen) atoms. The van der Waals surface area contributed by atoms with Crippen LogP contribution in [0.3, 0.4) is 0 Å². The molecule has 0 bridgehead atoms. The summed E-state index contributed by atoms with van der Waals surface area (Å²) in [6, 6.07) is 30.3. The highest BCUT2D eigenvalue weighted by molar-refractivity contribution is 6.10. The third-order valence-electron chi connectivity index (χ3n) is 5.35. The van der Waals surface area contributed by atoms with Crippen LogP contribution in [0.2, 0.25) is 0 Å². The summed E-state index contributed by atoms with van der Waals surface area (Å²) in [6.07, 6.45) is 0. The molecule has 2 heteroatoms. The third-order valence-corrected chi connectivity index (χ3v) is 5.35. The van der Waals surface area contributed by atoms with Crippen LogP contribution in [0.15, 0.2) is 84.9 Å². The van der Waals surface area contributed by atoms with Gasteiger partial charge in [0.15, 0.2) is 0 Å². The van der Waals surface area contributed by atoms with E-state index >= 15 is 0 Å². The Kier molecular flexibility index (Phi) is 2.64. The monoisotopic (exact) mass is 332 g/mol. The average Bonchev–Trinajstić information content (AvgIpc) is 3.25. The maximum absolute atomic E-state index is 3.54. The van der Waals surface area contributed by atoms with Crippen molar-refractivity contribution in [1.82, 2.24) is 9.97 Å². The van der Waals surface area contributed by atoms with Crippen molar-refractivity contribution >= 4 is 43.6 Å². The number of rotatable bonds is 1. The Labute approximate surface area is 150 Å². The summed E-state index contributed by atoms with van der Waals surface area (Å²) >= 11 is 0. The molecule has 0 saturated carbocycles. The van der Waals surface area contributed by atoms with Gasteiger partial charge in [-0.25, -0.2) is 0 Å². The number of H-pyrrole nitrogens is 2. The Bertz CT molecular complexity index is 1430. The summed E-state index contributed by atoms with van der Waals surface area (Å²) in [4.78, 5) is 7.04. The van der Waals surface area contributed by atoms with Crippen molar-refractivity contribution in [2.24, 2.45) is 0 Å². The van der Waals surface area contributed by atoms with Crippen LogP contribution in [0.5, 0.6) is 0 Å². The molecule has 2 nitrogen and oxygen atoms in total. The van der Waals surface area contributed by atoms with Crippen LogP contribution in [0.1, 0.15) is 0 Å². The Morgan fingerprint density at radius 2 is 0.923 bits per heavy atom. The molecule has 122 valence electrons. The molecule has 2 aromatic heterocycles. The summed E-state index contributed by atoms with van der Waals surface area (Å²) in [7, 11) is 0. The second-order valence-electron chi connectivity index (χ2n) is 6.86. The molecular formula is C24H16N2. The van der Waals surface area contributed by atoms with Gasteiger partial charge in [-0.05, 0) is 41.5 Å². The molecule has 0 amide bonds. The molecule has 4 aromatic carbocycles. The molecule has 6 aromatic rings. The molecule has 6 rings (SSSR count). The summed E-state index contributed by atoms with van der Waals surface area (Å²) in [5, 5.41) is 5.10. The third kappa shape index (κ3) is 1.87. The Morgan fingerprint density at radius 1 is 0.385 bits per heavy atom. The van der Waals surface area contributed by atoms with Crippen LogP contribution < -0.4 is 0 Å². The van der Waals surface area contributed by atoms with Crippen LogP contribution in [0, 0.1) is 0 Å². The molecule has 0 aliphatic rings. The lowest BCUT2D eigenvalue weighted by Crippen LogP contribution is -1.79. The van der Waals surface area contributed by atoms with E-state index in [0.717, 1.165) is 0 Å². The molecule has 0 saturated heterocycles. The van der Waals surface area contributed by atoms with E-state index < -0.39 is 0 Å². The molecule has 0 fully saturated rings. The van der Waals surface area contributed by atoms with Gasteiger partial charge in [-0.2, -0.15) is 0 Å². The predicted octanol–water partition coefficient (Wildman–Crippen LogP) is 6.62. The van der Waals surface area contributed by atoms with E-state index in [4.69, 9.17) is 0 Å². The van der Waals surface area contributed by atoms with Crippen molar-refractivity contribution in [3.63, 3.8) is 0 Å². The number of para-hydroxylation sites is 2. The first-order chi connectivity index (χ1) is 12.9. The van der Waals surface area contributed by atoms with Gasteiger partial charge in [-0.15, -0.1) is 0 Å². The molecule has 0 spiro atoms. The smallest absolute Gasteiger partial charge is 0.0471 e. The maximum atomic E-state index is 3.54. The lowest BCUT2D eigenvalue weighted by Gasteiger charge is -2.03. The average molecular weight is 332 g/mol. The quantitative estimate of drug-likeness (QED) is 0.339. The Balaban J connectivity index is 1.59. The second-order valence-corrected chi connectivity index (χ2v) is 6.86. The van der Waals surface area contributed by atoms with Crippen molar-refractivity contribution in [3.05, 3.63) is 84.9 Å². The fourth-order valence-electron chi connectivity index (χ4n) is 4.06. The zero-order chi connectivity index (χ0) is 17.1. The molecule has 0 aliphatic carbocycles. The summed E-state index contributed by atoms with van der Waals surface area (Å²) in [5.41, 5.74) is 7.21. The van der Waals surface area contributed by atoms with E-state index in [-0.39, 0.29) is 0 Å². The van der Waals surface area contributed by atoms with Gasteiger partial charge in [0.1, 0.15) is 0 Å². The predicted molar refractivity (Wildman–Crippen MR) is 111 cm³/mol. The number of hydrogen-bond acceptors (Lipinski definition) is 0. The van der Waals surface area contributed by atoms with Gasteiger partial charge in [-0.1, -0.05) is 54.6 Å². The molecule has 0 atom stereocenters. The minimum atomic E-state index is 1.18. The van der Waals surface area contributed by atoms with E-state index in [2.05, 4.69) is 94.9 Å². The van der Waals surface area contributed by atoms with E-state index in [1.54, 1.807) is 0 Å². The van der Waals surface area contributed by atoms with Crippen molar-refractivity contribution in [3.8, 4) is 11.1 Å². The van der Waals surface area contributed by atoms with E-state index in [1.165, 1.54) is 54.7 Å². The van der Waals surface area contributed by atoms with Crippen molar-refractivity contribution in [2.75, 3.05) is 0 Å². The number of nitrogens with one attached hydrogen (secondary N) is 2. The van der Waals surface area contributed by atoms with Gasteiger partial charge in [0.25, 0.3) is 0 Å². The second kappa shape index (κ2) is 4.99. The van der Waals surface area contributed by atoms with E-state index in [9.17, 15) is 0 Å². The van der Waals surface area contributed by atoms with E-state index in [0.29, 0.717) is 0 Å². The molecule has 2 heterocycles. The number of benzene rings is 4. The SMILES string of the molecule is c1ccc2c(c1)[nH]c1cc(-c3ccc4[nH]c5ccccc5c4c3)ccc12. The topological polar surface area (TPSA) is 31.6 Å². The van der Waals surface area contributed by atoms with E-state index in [1.807, 2.05) is 0 Å². The molecule has 0 radical (unpaired) electrons. The first-order valence-electron chi connectivity index (χ1n) is 8.88. The van der Waals surface area contributed by atoms with Gasteiger partial charge in [0.05, 0.1) is 0 Å². The van der Waals surface area contributed by atoms with Gasteiger partial charge in [0, 0.05) is 43.6 Å². The molecule has 0 aliphatic heterocycles. The van der Waals surface area contributed by atoms with Gasteiger partial charge < -0.3 is 9.97 Å². The highest BCUT2D eigenvalue weighted by atomic mass is 14.7. The normalized spacial score (nSPS) is 11.8. The number of fused-ring (bicyclic) bond motifs is 6. The van der Waals surface area contributed by atoms with Crippen molar-refractivity contribution < 1.29 is 0 Å². The van der Waals surface area contributed by atoms with Crippen LogP contribution in [-0.2, 0) is 0 Å². The zero-order valence-electron chi connectivity index (χ0n) is 14.1. The van der Waals surface area contributed by atoms with Crippen LogP contribution in [0.25, 0.3) is 54.7 Å². The van der Waals surface area contributed by atoms with Crippen molar-refractivity contribution in [1.29, 1.82) is 0 Å². The molecule has 2 N–H and O–H groups in total. The number of hydrogen-bond donors (Lipinski definition) is 2. The Hall–Kier alpha value is -3.52. The zero-order valence-corrected chi connectivity index (χ0v) is 14.1. The summed E-state index contributed by atoms with van der Waals surface area (Å²) in [5.74, 6) is 0. The first-order valence-corrected chi connectivity index (χ1v) is 8.88. The van der Waals surface area contributed by atoms with Gasteiger partial charge in [0.2, 0.25) is 0 Å². The minimum absolute atomic E-state index is 1.18. The first kappa shape index (κ1) is 13.7. The van der Waals surface area contributed by atoms with Crippen LogP contribution in [0.4, 0.5) is 0 Å².